The molecule has 7 heteroatoms. The largest absolute Gasteiger partial charge is 0.369 e. The van der Waals surface area contributed by atoms with Gasteiger partial charge in [-0.2, -0.15) is 4.98 Å². The lowest BCUT2D eigenvalue weighted by molar-refractivity contribution is 0.182. The maximum absolute atomic E-state index is 13.3. The first-order valence-electron chi connectivity index (χ1n) is 11.0. The number of likely N-dealkylation sites (tertiary alicyclic amines) is 1. The minimum atomic E-state index is -0.287. The molecule has 6 nitrogen and oxygen atoms in total. The zero-order valence-corrected chi connectivity index (χ0v) is 18.1. The molecule has 1 saturated heterocycles. The van der Waals surface area contributed by atoms with Crippen molar-refractivity contribution in [3.05, 3.63) is 71.8 Å². The van der Waals surface area contributed by atoms with E-state index in [1.165, 1.54) is 29.6 Å². The molecule has 0 aliphatic carbocycles. The fraction of sp³-hybridized carbons (Fsp3) is 0.320. The molecule has 3 heterocycles. The van der Waals surface area contributed by atoms with Gasteiger partial charge in [0.2, 0.25) is 0 Å². The van der Waals surface area contributed by atoms with Gasteiger partial charge in [0, 0.05) is 18.7 Å². The number of hydrogen-bond donors (Lipinski definition) is 1. The Hall–Kier alpha value is -3.32. The van der Waals surface area contributed by atoms with Gasteiger partial charge in [-0.3, -0.25) is 4.90 Å². The quantitative estimate of drug-likeness (QED) is 0.460. The molecule has 0 radical (unpaired) electrons. The molecule has 1 aliphatic heterocycles. The van der Waals surface area contributed by atoms with Crippen LogP contribution in [0.5, 0.6) is 0 Å². The van der Waals surface area contributed by atoms with Gasteiger partial charge in [0.25, 0.3) is 5.71 Å². The van der Waals surface area contributed by atoms with Crippen molar-refractivity contribution in [1.82, 2.24) is 20.0 Å². The van der Waals surface area contributed by atoms with Crippen LogP contribution in [0.25, 0.3) is 22.4 Å². The number of aryl methyl sites for hydroxylation is 1. The summed E-state index contributed by atoms with van der Waals surface area (Å²) in [6.45, 7) is 6.16. The molecule has 1 aliphatic rings. The summed E-state index contributed by atoms with van der Waals surface area (Å²) in [4.78, 5) is 11.2. The van der Waals surface area contributed by atoms with E-state index >= 15 is 0 Å². The molecule has 0 bridgehead atoms. The van der Waals surface area contributed by atoms with Crippen LogP contribution >= 0.6 is 0 Å². The smallest absolute Gasteiger partial charge is 0.263 e. The molecule has 2 aromatic heterocycles. The summed E-state index contributed by atoms with van der Waals surface area (Å²) < 4.78 is 18.7. The number of rotatable bonds is 6. The number of aromatic nitrogens is 3. The third-order valence-electron chi connectivity index (χ3n) is 6.14. The van der Waals surface area contributed by atoms with Gasteiger partial charge in [0.15, 0.2) is 0 Å². The van der Waals surface area contributed by atoms with Crippen molar-refractivity contribution >= 4 is 16.9 Å². The number of hydrogen-bond acceptors (Lipinski definition) is 6. The normalized spacial score (nSPS) is 15.3. The molecule has 164 valence electrons. The Balaban J connectivity index is 1.23. The number of nitrogens with zero attached hydrogens (tertiary/aromatic N) is 4. The Labute approximate surface area is 186 Å². The lowest BCUT2D eigenvalue weighted by atomic mass is 9.96. The van der Waals surface area contributed by atoms with Crippen molar-refractivity contribution in [2.75, 3.05) is 25.0 Å². The summed E-state index contributed by atoms with van der Waals surface area (Å²) in [5.41, 5.74) is 4.51. The SMILES string of the molecule is Cc1cccc(CN2CCC(CNc3ncnc4onc(-c5ccc(F)cc5)c34)CC2)c1. The summed E-state index contributed by atoms with van der Waals surface area (Å²) >= 11 is 0. The van der Waals surface area contributed by atoms with Gasteiger partial charge in [-0.15, -0.1) is 0 Å². The first kappa shape index (κ1) is 20.6. The van der Waals surface area contributed by atoms with Gasteiger partial charge in [-0.1, -0.05) is 35.0 Å². The number of halogens is 1. The van der Waals surface area contributed by atoms with Crippen molar-refractivity contribution in [3.63, 3.8) is 0 Å². The predicted molar refractivity (Wildman–Crippen MR) is 123 cm³/mol. The van der Waals surface area contributed by atoms with E-state index in [0.717, 1.165) is 50.0 Å². The third-order valence-corrected chi connectivity index (χ3v) is 6.14. The fourth-order valence-electron chi connectivity index (χ4n) is 4.38. The molecular weight excluding hydrogens is 405 g/mol. The van der Waals surface area contributed by atoms with Crippen molar-refractivity contribution in [1.29, 1.82) is 0 Å². The van der Waals surface area contributed by atoms with Crippen molar-refractivity contribution in [3.8, 4) is 11.3 Å². The maximum Gasteiger partial charge on any atom is 0.263 e. The second kappa shape index (κ2) is 9.04. The van der Waals surface area contributed by atoms with Crippen molar-refractivity contribution in [2.24, 2.45) is 5.92 Å². The first-order chi connectivity index (χ1) is 15.7. The predicted octanol–water partition coefficient (Wildman–Crippen LogP) is 5.06. The molecule has 0 atom stereocenters. The second-order valence-electron chi connectivity index (χ2n) is 8.53. The average Bonchev–Trinajstić information content (AvgIpc) is 3.24. The van der Waals surface area contributed by atoms with Gasteiger partial charge in [0.05, 0.1) is 0 Å². The summed E-state index contributed by atoms with van der Waals surface area (Å²) in [6, 6.07) is 15.0. The van der Waals surface area contributed by atoms with E-state index in [0.29, 0.717) is 23.1 Å². The lowest BCUT2D eigenvalue weighted by Crippen LogP contribution is -2.35. The first-order valence-corrected chi connectivity index (χ1v) is 11.0. The summed E-state index contributed by atoms with van der Waals surface area (Å²) in [7, 11) is 0. The van der Waals surface area contributed by atoms with Crippen molar-refractivity contribution < 1.29 is 8.91 Å². The highest BCUT2D eigenvalue weighted by atomic mass is 19.1. The number of benzene rings is 2. The molecular formula is C25H26FN5O. The topological polar surface area (TPSA) is 67.1 Å². The number of fused-ring (bicyclic) bond motifs is 1. The summed E-state index contributed by atoms with van der Waals surface area (Å²) in [5, 5.41) is 8.39. The highest BCUT2D eigenvalue weighted by Gasteiger charge is 2.21. The summed E-state index contributed by atoms with van der Waals surface area (Å²) in [6.07, 6.45) is 3.76. The van der Waals surface area contributed by atoms with Crippen molar-refractivity contribution in [2.45, 2.75) is 26.3 Å². The van der Waals surface area contributed by atoms with Gasteiger partial charge in [-0.05, 0) is 68.6 Å². The zero-order valence-electron chi connectivity index (χ0n) is 18.1. The van der Waals surface area contributed by atoms with Crippen LogP contribution in [-0.2, 0) is 6.54 Å². The van der Waals surface area contributed by atoms with Crippen LogP contribution in [0.4, 0.5) is 10.2 Å². The number of nitrogens with one attached hydrogen (secondary N) is 1. The van der Waals surface area contributed by atoms with E-state index in [9.17, 15) is 4.39 Å². The van der Waals surface area contributed by atoms with Crippen LogP contribution in [0.1, 0.15) is 24.0 Å². The molecule has 2 aromatic carbocycles. The Morgan fingerprint density at radius 3 is 2.69 bits per heavy atom. The van der Waals surface area contributed by atoms with Crippen LogP contribution in [-0.4, -0.2) is 39.7 Å². The zero-order chi connectivity index (χ0) is 21.9. The minimum absolute atomic E-state index is 0.287. The van der Waals surface area contributed by atoms with Gasteiger partial charge in [0.1, 0.15) is 29.0 Å². The minimum Gasteiger partial charge on any atom is -0.369 e. The standard InChI is InChI=1S/C25H26FN5O/c1-17-3-2-4-19(13-17)15-31-11-9-18(10-12-31)14-27-24-22-23(20-5-7-21(26)8-6-20)30-32-25(22)29-16-28-24/h2-8,13,16,18H,9-12,14-15H2,1H3,(H,27,28,29). The van der Waals surface area contributed by atoms with Crippen LogP contribution in [0.3, 0.4) is 0 Å². The molecule has 4 aromatic rings. The molecule has 5 rings (SSSR count). The highest BCUT2D eigenvalue weighted by Crippen LogP contribution is 2.31. The Morgan fingerprint density at radius 1 is 1.09 bits per heavy atom. The second-order valence-corrected chi connectivity index (χ2v) is 8.53. The average molecular weight is 432 g/mol. The van der Waals surface area contributed by atoms with Crippen LogP contribution in [0.2, 0.25) is 0 Å². The fourth-order valence-corrected chi connectivity index (χ4v) is 4.38. The van der Waals surface area contributed by atoms with Gasteiger partial charge < -0.3 is 9.84 Å². The van der Waals surface area contributed by atoms with E-state index in [2.05, 4.69) is 56.5 Å². The number of piperidine rings is 1. The molecule has 0 unspecified atom stereocenters. The molecule has 0 amide bonds. The molecule has 1 fully saturated rings. The third kappa shape index (κ3) is 4.48. The Kier molecular flexibility index (Phi) is 5.81. The highest BCUT2D eigenvalue weighted by molar-refractivity contribution is 5.97. The molecule has 32 heavy (non-hydrogen) atoms. The van der Waals surface area contributed by atoms with Crippen LogP contribution in [0, 0.1) is 18.7 Å². The summed E-state index contributed by atoms with van der Waals surface area (Å²) in [5.74, 6) is 0.991. The Bertz CT molecular complexity index is 1200. The van der Waals surface area contributed by atoms with E-state index in [1.807, 2.05) is 0 Å². The Morgan fingerprint density at radius 2 is 1.91 bits per heavy atom. The number of anilines is 1. The van der Waals surface area contributed by atoms with E-state index in [4.69, 9.17) is 4.52 Å². The maximum atomic E-state index is 13.3. The lowest BCUT2D eigenvalue weighted by Gasteiger charge is -2.32. The molecule has 0 saturated carbocycles. The molecule has 0 spiro atoms. The van der Waals surface area contributed by atoms with E-state index in [-0.39, 0.29) is 5.82 Å². The monoisotopic (exact) mass is 431 g/mol. The molecule has 1 N–H and O–H groups in total. The van der Waals surface area contributed by atoms with Crippen LogP contribution in [0.15, 0.2) is 59.4 Å². The van der Waals surface area contributed by atoms with Gasteiger partial charge >= 0.3 is 0 Å². The van der Waals surface area contributed by atoms with E-state index in [1.54, 1.807) is 12.1 Å². The van der Waals surface area contributed by atoms with E-state index < -0.39 is 0 Å². The van der Waals surface area contributed by atoms with Crippen LogP contribution < -0.4 is 5.32 Å². The van der Waals surface area contributed by atoms with Gasteiger partial charge in [-0.25, -0.2) is 9.37 Å².